The fraction of sp³-hybridized carbons (Fsp3) is 0.190. The largest absolute Gasteiger partial charge is 0.445 e. The van der Waals surface area contributed by atoms with Crippen LogP contribution in [0.3, 0.4) is 0 Å². The van der Waals surface area contributed by atoms with Crippen molar-refractivity contribution in [1.29, 1.82) is 0 Å². The summed E-state index contributed by atoms with van der Waals surface area (Å²) in [5, 5.41) is 6.43. The van der Waals surface area contributed by atoms with E-state index in [1.54, 1.807) is 12.2 Å². The molecule has 0 saturated heterocycles. The van der Waals surface area contributed by atoms with Crippen LogP contribution < -0.4 is 10.7 Å². The van der Waals surface area contributed by atoms with E-state index in [-0.39, 0.29) is 6.61 Å². The molecule has 0 aromatic heterocycles. The van der Waals surface area contributed by atoms with Crippen molar-refractivity contribution >= 4 is 18.2 Å². The zero-order chi connectivity index (χ0) is 19.3. The summed E-state index contributed by atoms with van der Waals surface area (Å²) in [6.07, 6.45) is 4.61. The van der Waals surface area contributed by atoms with Crippen molar-refractivity contribution in [2.24, 2.45) is 5.10 Å². The predicted octanol–water partition coefficient (Wildman–Crippen LogP) is 3.20. The lowest BCUT2D eigenvalue weighted by molar-refractivity contribution is -0.123. The van der Waals surface area contributed by atoms with E-state index in [2.05, 4.69) is 15.8 Å². The molecule has 2 aromatic carbocycles. The van der Waals surface area contributed by atoms with Crippen LogP contribution in [-0.2, 0) is 22.6 Å². The first kappa shape index (κ1) is 19.9. The highest BCUT2D eigenvalue weighted by Crippen LogP contribution is 2.05. The van der Waals surface area contributed by atoms with Crippen molar-refractivity contribution < 1.29 is 14.3 Å². The summed E-state index contributed by atoms with van der Waals surface area (Å²) in [5.41, 5.74) is 4.21. The second kappa shape index (κ2) is 11.3. The highest BCUT2D eigenvalue weighted by atomic mass is 16.5. The van der Waals surface area contributed by atoms with Gasteiger partial charge >= 0.3 is 6.09 Å². The molecule has 0 aliphatic carbocycles. The third-order valence-corrected chi connectivity index (χ3v) is 3.63. The number of ether oxygens (including phenoxy) is 1. The summed E-state index contributed by atoms with van der Waals surface area (Å²) in [7, 11) is 0. The van der Waals surface area contributed by atoms with E-state index in [0.717, 1.165) is 11.1 Å². The zero-order valence-electron chi connectivity index (χ0n) is 15.2. The Kier molecular flexibility index (Phi) is 8.30. The molecular formula is C21H23N3O3. The first-order valence-electron chi connectivity index (χ1n) is 8.64. The molecule has 27 heavy (non-hydrogen) atoms. The maximum atomic E-state index is 12.4. The molecule has 0 aliphatic heterocycles. The highest BCUT2D eigenvalue weighted by molar-refractivity contribution is 5.86. The summed E-state index contributed by atoms with van der Waals surface area (Å²) in [5.74, 6) is -0.420. The number of alkyl carbamates (subject to hydrolysis) is 1. The molecule has 0 aliphatic rings. The lowest BCUT2D eigenvalue weighted by Gasteiger charge is -2.17. The van der Waals surface area contributed by atoms with E-state index < -0.39 is 18.0 Å². The molecular weight excluding hydrogens is 342 g/mol. The minimum Gasteiger partial charge on any atom is -0.445 e. The molecule has 2 N–H and O–H groups in total. The summed E-state index contributed by atoms with van der Waals surface area (Å²) in [6, 6.07) is 18.0. The second-order valence-electron chi connectivity index (χ2n) is 5.73. The maximum absolute atomic E-state index is 12.4. The van der Waals surface area contributed by atoms with Crippen LogP contribution in [0.15, 0.2) is 77.9 Å². The van der Waals surface area contributed by atoms with Crippen LogP contribution in [0.2, 0.25) is 0 Å². The first-order chi connectivity index (χ1) is 13.2. The molecule has 1 unspecified atom stereocenters. The quantitative estimate of drug-likeness (QED) is 0.557. The average molecular weight is 365 g/mol. The summed E-state index contributed by atoms with van der Waals surface area (Å²) >= 11 is 0. The van der Waals surface area contributed by atoms with Crippen LogP contribution in [0, 0.1) is 0 Å². The number of hydrogen-bond acceptors (Lipinski definition) is 4. The second-order valence-corrected chi connectivity index (χ2v) is 5.73. The van der Waals surface area contributed by atoms with Crippen molar-refractivity contribution in [1.82, 2.24) is 10.7 Å². The molecule has 6 nitrogen and oxygen atoms in total. The van der Waals surface area contributed by atoms with Crippen molar-refractivity contribution in [3.05, 3.63) is 83.9 Å². The maximum Gasteiger partial charge on any atom is 0.408 e. The zero-order valence-corrected chi connectivity index (χ0v) is 15.2. The molecule has 2 amide bonds. The van der Waals surface area contributed by atoms with Gasteiger partial charge in [-0.25, -0.2) is 10.2 Å². The number of benzene rings is 2. The van der Waals surface area contributed by atoms with Crippen molar-refractivity contribution in [3.8, 4) is 0 Å². The Morgan fingerprint density at radius 3 is 2.30 bits per heavy atom. The number of nitrogens with one attached hydrogen (secondary N) is 2. The van der Waals surface area contributed by atoms with Crippen molar-refractivity contribution in [2.45, 2.75) is 26.0 Å². The topological polar surface area (TPSA) is 79.8 Å². The van der Waals surface area contributed by atoms with Crippen molar-refractivity contribution in [2.75, 3.05) is 0 Å². The Bertz CT molecular complexity index is 774. The van der Waals surface area contributed by atoms with E-state index in [9.17, 15) is 9.59 Å². The smallest absolute Gasteiger partial charge is 0.408 e. The third kappa shape index (κ3) is 7.56. The van der Waals surface area contributed by atoms with Crippen LogP contribution in [0.1, 0.15) is 18.1 Å². The van der Waals surface area contributed by atoms with Gasteiger partial charge in [-0.1, -0.05) is 66.7 Å². The van der Waals surface area contributed by atoms with Gasteiger partial charge in [0.25, 0.3) is 5.91 Å². The molecule has 0 spiro atoms. The van der Waals surface area contributed by atoms with E-state index in [1.807, 2.05) is 67.6 Å². The van der Waals surface area contributed by atoms with Gasteiger partial charge in [-0.2, -0.15) is 5.10 Å². The molecule has 2 rings (SSSR count). The SMILES string of the molecule is C/C=C/C=N/NC(=O)C(Cc1ccccc1)NC(=O)OCc1ccccc1. The molecule has 2 aromatic rings. The highest BCUT2D eigenvalue weighted by Gasteiger charge is 2.21. The van der Waals surface area contributed by atoms with Gasteiger partial charge in [-0.3, -0.25) is 4.79 Å². The number of carbonyl (C=O) groups excluding carboxylic acids is 2. The Hall–Kier alpha value is -3.41. The molecule has 6 heteroatoms. The van der Waals surface area contributed by atoms with Crippen LogP contribution in [0.5, 0.6) is 0 Å². The van der Waals surface area contributed by atoms with Crippen LogP contribution in [0.25, 0.3) is 0 Å². The molecule has 140 valence electrons. The van der Waals surface area contributed by atoms with Gasteiger partial charge in [0.2, 0.25) is 0 Å². The van der Waals surface area contributed by atoms with Gasteiger partial charge in [0.1, 0.15) is 12.6 Å². The van der Waals surface area contributed by atoms with Gasteiger partial charge in [0.15, 0.2) is 0 Å². The Morgan fingerprint density at radius 2 is 1.67 bits per heavy atom. The van der Waals surface area contributed by atoms with E-state index in [0.29, 0.717) is 6.42 Å². The van der Waals surface area contributed by atoms with E-state index >= 15 is 0 Å². The molecule has 0 bridgehead atoms. The Labute approximate surface area is 158 Å². The Morgan fingerprint density at radius 1 is 1.04 bits per heavy atom. The lowest BCUT2D eigenvalue weighted by atomic mass is 10.1. The molecule has 0 fully saturated rings. The number of hydrogen-bond donors (Lipinski definition) is 2. The van der Waals surface area contributed by atoms with Gasteiger partial charge < -0.3 is 10.1 Å². The predicted molar refractivity (Wildman–Crippen MR) is 105 cm³/mol. The standard InChI is InChI=1S/C21H23N3O3/c1-2-3-14-22-24-20(25)19(15-17-10-6-4-7-11-17)23-21(26)27-16-18-12-8-5-9-13-18/h2-14,19H,15-16H2,1H3,(H,23,26)(H,24,25)/b3-2+,22-14+. The molecule has 1 atom stereocenters. The molecule has 0 saturated carbocycles. The summed E-state index contributed by atoms with van der Waals surface area (Å²) < 4.78 is 5.21. The summed E-state index contributed by atoms with van der Waals surface area (Å²) in [6.45, 7) is 1.97. The number of rotatable bonds is 8. The number of amides is 2. The third-order valence-electron chi connectivity index (χ3n) is 3.63. The number of carbonyl (C=O) groups is 2. The van der Waals surface area contributed by atoms with Gasteiger partial charge in [-0.15, -0.1) is 0 Å². The number of hydrazone groups is 1. The molecule has 0 heterocycles. The normalized spacial score (nSPS) is 12.0. The first-order valence-corrected chi connectivity index (χ1v) is 8.64. The summed E-state index contributed by atoms with van der Waals surface area (Å²) in [4.78, 5) is 24.5. The van der Waals surface area contributed by atoms with Crippen molar-refractivity contribution in [3.63, 3.8) is 0 Å². The van der Waals surface area contributed by atoms with E-state index in [4.69, 9.17) is 4.74 Å². The minimum absolute atomic E-state index is 0.131. The number of nitrogens with zero attached hydrogens (tertiary/aromatic N) is 1. The monoisotopic (exact) mass is 365 g/mol. The molecule has 0 radical (unpaired) electrons. The number of allylic oxidation sites excluding steroid dienone is 2. The lowest BCUT2D eigenvalue weighted by Crippen LogP contribution is -2.47. The fourth-order valence-corrected chi connectivity index (χ4v) is 2.27. The van der Waals surface area contributed by atoms with Gasteiger partial charge in [0.05, 0.1) is 0 Å². The van der Waals surface area contributed by atoms with E-state index in [1.165, 1.54) is 6.21 Å². The fourth-order valence-electron chi connectivity index (χ4n) is 2.27. The average Bonchev–Trinajstić information content (AvgIpc) is 2.70. The van der Waals surface area contributed by atoms with Crippen LogP contribution >= 0.6 is 0 Å². The van der Waals surface area contributed by atoms with Crippen LogP contribution in [-0.4, -0.2) is 24.3 Å². The van der Waals surface area contributed by atoms with Gasteiger partial charge in [0, 0.05) is 12.6 Å². The van der Waals surface area contributed by atoms with Crippen LogP contribution in [0.4, 0.5) is 4.79 Å². The minimum atomic E-state index is -0.807. The Balaban J connectivity index is 1.97. The van der Waals surface area contributed by atoms with Gasteiger partial charge in [-0.05, 0) is 24.1 Å².